The molecule has 2 heterocycles. The second kappa shape index (κ2) is 9.75. The first-order valence-corrected chi connectivity index (χ1v) is 11.9. The molecule has 2 aromatic heterocycles. The van der Waals surface area contributed by atoms with Crippen LogP contribution in [-0.4, -0.2) is 51.7 Å². The molecule has 29 heavy (non-hydrogen) atoms. The van der Waals surface area contributed by atoms with Gasteiger partial charge < -0.3 is 14.6 Å². The van der Waals surface area contributed by atoms with E-state index in [1.165, 1.54) is 15.3 Å². The minimum Gasteiger partial charge on any atom is -0.465 e. The molecule has 1 amide bonds. The predicted octanol–water partition coefficient (Wildman–Crippen LogP) is 2.90. The summed E-state index contributed by atoms with van der Waals surface area (Å²) in [5.74, 6) is 1.31. The maximum Gasteiger partial charge on any atom is 0.325 e. The number of rotatable bonds is 9. The molecule has 0 radical (unpaired) electrons. The summed E-state index contributed by atoms with van der Waals surface area (Å²) in [5.41, 5.74) is 1.13. The summed E-state index contributed by atoms with van der Waals surface area (Å²) in [6.07, 6.45) is 3.45. The van der Waals surface area contributed by atoms with E-state index in [1.54, 1.807) is 30.0 Å². The van der Waals surface area contributed by atoms with Crippen LogP contribution in [0.3, 0.4) is 0 Å². The van der Waals surface area contributed by atoms with Crippen molar-refractivity contribution in [2.24, 2.45) is 0 Å². The highest BCUT2D eigenvalue weighted by Gasteiger charge is 2.22. The standard InChI is InChI=1S/C20H27N3O4S2/c1-4-27-17(25)10-23(12(2)3)16(24)8-9-28-11-15-21-19(26)18-13-6-5-7-14(13)29-20(18)22-15/h12H,4-11H2,1-3H3,(H,21,22,26). The van der Waals surface area contributed by atoms with Crippen LogP contribution < -0.4 is 5.56 Å². The molecular formula is C20H27N3O4S2. The molecule has 7 nitrogen and oxygen atoms in total. The molecule has 3 rings (SSSR count). The molecule has 9 heteroatoms. The highest BCUT2D eigenvalue weighted by Crippen LogP contribution is 2.34. The molecular weight excluding hydrogens is 410 g/mol. The zero-order valence-electron chi connectivity index (χ0n) is 17.1. The quantitative estimate of drug-likeness (QED) is 0.479. The van der Waals surface area contributed by atoms with E-state index >= 15 is 0 Å². The fraction of sp³-hybridized carbons (Fsp3) is 0.600. The number of nitrogens with one attached hydrogen (secondary N) is 1. The molecule has 158 valence electrons. The summed E-state index contributed by atoms with van der Waals surface area (Å²) < 4.78 is 4.95. The number of aryl methyl sites for hydroxylation is 2. The third-order valence-electron chi connectivity index (χ3n) is 4.87. The summed E-state index contributed by atoms with van der Waals surface area (Å²) >= 11 is 3.18. The second-order valence-electron chi connectivity index (χ2n) is 7.27. The molecule has 0 fully saturated rings. The van der Waals surface area contributed by atoms with Crippen molar-refractivity contribution in [3.05, 3.63) is 26.6 Å². The number of amides is 1. The van der Waals surface area contributed by atoms with Gasteiger partial charge in [-0.05, 0) is 45.6 Å². The minimum absolute atomic E-state index is 0.0242. The number of carbonyl (C=O) groups excluding carboxylic acids is 2. The minimum atomic E-state index is -0.389. The van der Waals surface area contributed by atoms with Crippen molar-refractivity contribution in [2.45, 2.75) is 58.2 Å². The van der Waals surface area contributed by atoms with Crippen molar-refractivity contribution < 1.29 is 14.3 Å². The lowest BCUT2D eigenvalue weighted by Gasteiger charge is -2.25. The monoisotopic (exact) mass is 437 g/mol. The maximum atomic E-state index is 12.5. The van der Waals surface area contributed by atoms with Crippen LogP contribution >= 0.6 is 23.1 Å². The van der Waals surface area contributed by atoms with E-state index in [0.29, 0.717) is 30.4 Å². The van der Waals surface area contributed by atoms with Crippen molar-refractivity contribution in [3.63, 3.8) is 0 Å². The van der Waals surface area contributed by atoms with Crippen LogP contribution in [-0.2, 0) is 32.9 Å². The molecule has 0 aromatic carbocycles. The molecule has 0 atom stereocenters. The average Bonchev–Trinajstić information content (AvgIpc) is 3.23. The van der Waals surface area contributed by atoms with Crippen LogP contribution in [0.4, 0.5) is 0 Å². The molecule has 0 saturated heterocycles. The van der Waals surface area contributed by atoms with Crippen molar-refractivity contribution in [1.82, 2.24) is 14.9 Å². The molecule has 0 aliphatic heterocycles. The Morgan fingerprint density at radius 1 is 1.34 bits per heavy atom. The Labute approximate surface area is 178 Å². The number of fused-ring (bicyclic) bond motifs is 3. The number of ether oxygens (including phenoxy) is 1. The topological polar surface area (TPSA) is 92.4 Å². The first-order valence-electron chi connectivity index (χ1n) is 9.97. The maximum absolute atomic E-state index is 12.5. The van der Waals surface area contributed by atoms with Gasteiger partial charge in [0.1, 0.15) is 17.2 Å². The van der Waals surface area contributed by atoms with Gasteiger partial charge >= 0.3 is 5.97 Å². The lowest BCUT2D eigenvalue weighted by molar-refractivity contribution is -0.149. The number of hydrogen-bond donors (Lipinski definition) is 1. The Kier molecular flexibility index (Phi) is 7.34. The highest BCUT2D eigenvalue weighted by molar-refractivity contribution is 7.98. The molecule has 1 aliphatic rings. The van der Waals surface area contributed by atoms with Crippen molar-refractivity contribution >= 4 is 45.2 Å². The molecule has 0 spiro atoms. The van der Waals surface area contributed by atoms with Crippen LogP contribution in [0.5, 0.6) is 0 Å². The van der Waals surface area contributed by atoms with Crippen LogP contribution in [0.2, 0.25) is 0 Å². The van der Waals surface area contributed by atoms with Gasteiger partial charge in [-0.1, -0.05) is 0 Å². The van der Waals surface area contributed by atoms with E-state index in [0.717, 1.165) is 29.5 Å². The number of H-pyrrole nitrogens is 1. The summed E-state index contributed by atoms with van der Waals surface area (Å²) in [5, 5.41) is 0.762. The van der Waals surface area contributed by atoms with Crippen LogP contribution in [0.25, 0.3) is 10.2 Å². The van der Waals surface area contributed by atoms with E-state index < -0.39 is 0 Å². The third-order valence-corrected chi connectivity index (χ3v) is 7.03. The molecule has 1 aliphatic carbocycles. The number of aromatic amines is 1. The van der Waals surface area contributed by atoms with E-state index in [1.807, 2.05) is 13.8 Å². The zero-order valence-corrected chi connectivity index (χ0v) is 18.7. The SMILES string of the molecule is CCOC(=O)CN(C(=O)CCSCc1nc2sc3c(c2c(=O)[nH]1)CCC3)C(C)C. The number of hydrogen-bond acceptors (Lipinski definition) is 7. The van der Waals surface area contributed by atoms with Gasteiger partial charge in [0.15, 0.2) is 0 Å². The van der Waals surface area contributed by atoms with Gasteiger partial charge in [0, 0.05) is 23.1 Å². The number of thioether (sulfide) groups is 1. The van der Waals surface area contributed by atoms with Gasteiger partial charge in [-0.25, -0.2) is 4.98 Å². The summed E-state index contributed by atoms with van der Waals surface area (Å²) in [4.78, 5) is 47.8. The van der Waals surface area contributed by atoms with Crippen LogP contribution in [0.15, 0.2) is 4.79 Å². The predicted molar refractivity (Wildman–Crippen MR) is 117 cm³/mol. The Morgan fingerprint density at radius 2 is 2.14 bits per heavy atom. The Bertz CT molecular complexity index is 951. The number of nitrogens with zero attached hydrogens (tertiary/aromatic N) is 2. The fourth-order valence-corrected chi connectivity index (χ4v) is 5.57. The first kappa shape index (κ1) is 21.8. The normalized spacial score (nSPS) is 13.1. The Morgan fingerprint density at radius 3 is 2.86 bits per heavy atom. The smallest absolute Gasteiger partial charge is 0.325 e. The van der Waals surface area contributed by atoms with Gasteiger partial charge in [-0.2, -0.15) is 11.8 Å². The number of carbonyl (C=O) groups is 2. The number of aromatic nitrogens is 2. The second-order valence-corrected chi connectivity index (χ2v) is 9.46. The van der Waals surface area contributed by atoms with Gasteiger partial charge in [0.25, 0.3) is 5.56 Å². The average molecular weight is 438 g/mol. The first-order chi connectivity index (χ1) is 13.9. The molecule has 0 saturated carbocycles. The molecule has 1 N–H and O–H groups in total. The number of thiophene rings is 1. The van der Waals surface area contributed by atoms with Gasteiger partial charge in [0.2, 0.25) is 5.91 Å². The summed E-state index contributed by atoms with van der Waals surface area (Å²) in [7, 11) is 0. The van der Waals surface area contributed by atoms with Crippen molar-refractivity contribution in [2.75, 3.05) is 18.9 Å². The fourth-order valence-electron chi connectivity index (χ4n) is 3.49. The van der Waals surface area contributed by atoms with E-state index in [-0.39, 0.29) is 30.0 Å². The van der Waals surface area contributed by atoms with Gasteiger partial charge in [-0.15, -0.1) is 11.3 Å². The lowest BCUT2D eigenvalue weighted by Crippen LogP contribution is -2.41. The van der Waals surface area contributed by atoms with E-state index in [4.69, 9.17) is 4.74 Å². The third kappa shape index (κ3) is 5.19. The highest BCUT2D eigenvalue weighted by atomic mass is 32.2. The Balaban J connectivity index is 1.54. The van der Waals surface area contributed by atoms with Gasteiger partial charge in [0.05, 0.1) is 17.7 Å². The Hall–Kier alpha value is -1.87. The van der Waals surface area contributed by atoms with Crippen LogP contribution in [0, 0.1) is 0 Å². The summed E-state index contributed by atoms with van der Waals surface area (Å²) in [6, 6.07) is -0.0712. The van der Waals surface area contributed by atoms with Gasteiger partial charge in [-0.3, -0.25) is 14.4 Å². The zero-order chi connectivity index (χ0) is 21.0. The summed E-state index contributed by atoms with van der Waals surface area (Å²) in [6.45, 7) is 5.79. The van der Waals surface area contributed by atoms with Crippen LogP contribution in [0.1, 0.15) is 49.9 Å². The molecule has 0 unspecified atom stereocenters. The van der Waals surface area contributed by atoms with E-state index in [2.05, 4.69) is 9.97 Å². The lowest BCUT2D eigenvalue weighted by atomic mass is 10.2. The van der Waals surface area contributed by atoms with Crippen molar-refractivity contribution in [1.29, 1.82) is 0 Å². The number of esters is 1. The molecule has 2 aromatic rings. The van der Waals surface area contributed by atoms with E-state index in [9.17, 15) is 14.4 Å². The molecule has 0 bridgehead atoms. The largest absolute Gasteiger partial charge is 0.465 e. The van der Waals surface area contributed by atoms with Crippen molar-refractivity contribution in [3.8, 4) is 0 Å².